The van der Waals surface area contributed by atoms with Gasteiger partial charge in [0.1, 0.15) is 5.82 Å². The maximum absolute atomic E-state index is 14.7. The Hall–Kier alpha value is -1.95. The summed E-state index contributed by atoms with van der Waals surface area (Å²) in [5.74, 6) is -0.102. The van der Waals surface area contributed by atoms with Crippen LogP contribution in [0.2, 0.25) is 5.02 Å². The van der Waals surface area contributed by atoms with E-state index in [-0.39, 0.29) is 11.2 Å². The van der Waals surface area contributed by atoms with E-state index in [1.165, 1.54) is 5.56 Å². The Labute approximate surface area is 192 Å². The summed E-state index contributed by atoms with van der Waals surface area (Å²) in [6.07, 6.45) is 4.22. The predicted molar refractivity (Wildman–Crippen MR) is 127 cm³/mol. The van der Waals surface area contributed by atoms with Gasteiger partial charge in [0.15, 0.2) is 5.13 Å². The van der Waals surface area contributed by atoms with E-state index >= 15 is 0 Å². The van der Waals surface area contributed by atoms with Crippen LogP contribution in [0.5, 0.6) is 0 Å². The fourth-order valence-corrected chi connectivity index (χ4v) is 6.17. The molecule has 0 amide bonds. The van der Waals surface area contributed by atoms with Gasteiger partial charge in [-0.25, -0.2) is 9.37 Å². The molecule has 2 aliphatic rings. The van der Waals surface area contributed by atoms with Gasteiger partial charge >= 0.3 is 0 Å². The van der Waals surface area contributed by atoms with Crippen LogP contribution in [0.15, 0.2) is 53.9 Å². The molecule has 0 unspecified atom stereocenters. The highest BCUT2D eigenvalue weighted by atomic mass is 35.5. The van der Waals surface area contributed by atoms with Crippen LogP contribution in [0.1, 0.15) is 42.5 Å². The molecule has 3 nitrogen and oxygen atoms in total. The Morgan fingerprint density at radius 2 is 1.68 bits per heavy atom. The highest BCUT2D eigenvalue weighted by Crippen LogP contribution is 2.48. The summed E-state index contributed by atoms with van der Waals surface area (Å²) in [4.78, 5) is 9.93. The van der Waals surface area contributed by atoms with Crippen LogP contribution in [0.3, 0.4) is 0 Å². The quantitative estimate of drug-likeness (QED) is 0.462. The van der Waals surface area contributed by atoms with Gasteiger partial charge in [0, 0.05) is 48.5 Å². The summed E-state index contributed by atoms with van der Waals surface area (Å²) < 4.78 is 14.7. The summed E-state index contributed by atoms with van der Waals surface area (Å²) in [6, 6.07) is 15.4. The van der Waals surface area contributed by atoms with Crippen molar-refractivity contribution in [1.29, 1.82) is 0 Å². The molecule has 0 N–H and O–H groups in total. The Balaban J connectivity index is 1.29. The lowest BCUT2D eigenvalue weighted by Crippen LogP contribution is -2.46. The van der Waals surface area contributed by atoms with E-state index in [4.69, 9.17) is 16.6 Å². The summed E-state index contributed by atoms with van der Waals surface area (Å²) in [7, 11) is 0. The number of hydrogen-bond acceptors (Lipinski definition) is 4. The first kappa shape index (κ1) is 20.9. The number of anilines is 1. The highest BCUT2D eigenvalue weighted by Gasteiger charge is 2.41. The van der Waals surface area contributed by atoms with Gasteiger partial charge in [-0.15, -0.1) is 11.3 Å². The number of halogens is 2. The molecule has 1 aliphatic carbocycles. The molecule has 0 radical (unpaired) electrons. The molecule has 1 aliphatic heterocycles. The van der Waals surface area contributed by atoms with Crippen LogP contribution in [0, 0.1) is 5.82 Å². The molecule has 0 atom stereocenters. The second-order valence-corrected chi connectivity index (χ2v) is 9.95. The van der Waals surface area contributed by atoms with E-state index in [0.717, 1.165) is 79.8 Å². The smallest absolute Gasteiger partial charge is 0.185 e. The largest absolute Gasteiger partial charge is 0.346 e. The SMILES string of the molecule is Fc1ccccc1C1(c2csc(N3CCN(Cc4ccc(Cl)cc4)CC3)n2)CCCC1. The van der Waals surface area contributed by atoms with Crippen LogP contribution in [0.4, 0.5) is 9.52 Å². The zero-order valence-corrected chi connectivity index (χ0v) is 19.1. The average Bonchev–Trinajstić information content (AvgIpc) is 3.47. The van der Waals surface area contributed by atoms with Crippen molar-refractivity contribution in [3.05, 3.63) is 81.6 Å². The molecule has 6 heteroatoms. The summed E-state index contributed by atoms with van der Waals surface area (Å²) in [5.41, 5.74) is 2.90. The third-order valence-electron chi connectivity index (χ3n) is 6.79. The number of piperazine rings is 1. The Bertz CT molecular complexity index is 1020. The standard InChI is InChI=1S/C25H27ClFN3S/c26-20-9-7-19(8-10-20)17-29-13-15-30(16-14-29)24-28-23(18-31-24)25(11-3-4-12-25)21-5-1-2-6-22(21)27/h1-2,5-10,18H,3-4,11-17H2. The van der Waals surface area contributed by atoms with Gasteiger partial charge in [-0.05, 0) is 42.2 Å². The Kier molecular flexibility index (Phi) is 6.00. The van der Waals surface area contributed by atoms with Crippen molar-refractivity contribution in [2.75, 3.05) is 31.1 Å². The molecule has 0 spiro atoms. The summed E-state index contributed by atoms with van der Waals surface area (Å²) >= 11 is 7.71. The molecule has 1 saturated heterocycles. The monoisotopic (exact) mass is 455 g/mol. The van der Waals surface area contributed by atoms with Crippen molar-refractivity contribution in [3.63, 3.8) is 0 Å². The van der Waals surface area contributed by atoms with Crippen LogP contribution in [-0.4, -0.2) is 36.1 Å². The number of hydrogen-bond donors (Lipinski definition) is 0. The van der Waals surface area contributed by atoms with Crippen molar-refractivity contribution in [3.8, 4) is 0 Å². The van der Waals surface area contributed by atoms with Crippen molar-refractivity contribution in [2.45, 2.75) is 37.6 Å². The van der Waals surface area contributed by atoms with Gasteiger partial charge in [-0.1, -0.05) is 54.8 Å². The van der Waals surface area contributed by atoms with E-state index in [0.29, 0.717) is 0 Å². The molecule has 3 aromatic rings. The first-order valence-corrected chi connectivity index (χ1v) is 12.3. The molecule has 1 saturated carbocycles. The first-order valence-electron chi connectivity index (χ1n) is 11.1. The lowest BCUT2D eigenvalue weighted by Gasteiger charge is -2.34. The second-order valence-electron chi connectivity index (χ2n) is 8.67. The van der Waals surface area contributed by atoms with Crippen molar-refractivity contribution in [2.24, 2.45) is 0 Å². The lowest BCUT2D eigenvalue weighted by molar-refractivity contribution is 0.250. The third-order valence-corrected chi connectivity index (χ3v) is 7.94. The molecule has 0 bridgehead atoms. The van der Waals surface area contributed by atoms with Gasteiger partial charge in [0.2, 0.25) is 0 Å². The third kappa shape index (κ3) is 4.23. The number of nitrogens with zero attached hydrogens (tertiary/aromatic N) is 3. The van der Waals surface area contributed by atoms with E-state index in [2.05, 4.69) is 27.3 Å². The van der Waals surface area contributed by atoms with E-state index in [9.17, 15) is 4.39 Å². The lowest BCUT2D eigenvalue weighted by atomic mass is 9.76. The number of thiazole rings is 1. The normalized spacial score (nSPS) is 19.1. The van der Waals surface area contributed by atoms with Crippen molar-refractivity contribution < 1.29 is 4.39 Å². The van der Waals surface area contributed by atoms with Gasteiger partial charge in [-0.2, -0.15) is 0 Å². The molecule has 1 aromatic heterocycles. The minimum Gasteiger partial charge on any atom is -0.346 e. The average molecular weight is 456 g/mol. The second kappa shape index (κ2) is 8.89. The molecular formula is C25H27ClFN3S. The number of aromatic nitrogens is 1. The topological polar surface area (TPSA) is 19.4 Å². The van der Waals surface area contributed by atoms with Crippen LogP contribution < -0.4 is 4.90 Å². The maximum atomic E-state index is 14.7. The van der Waals surface area contributed by atoms with E-state index in [1.807, 2.05) is 24.3 Å². The van der Waals surface area contributed by atoms with Gasteiger partial charge in [0.25, 0.3) is 0 Å². The molecule has 162 valence electrons. The summed E-state index contributed by atoms with van der Waals surface area (Å²) in [6.45, 7) is 4.90. The molecule has 2 fully saturated rings. The van der Waals surface area contributed by atoms with Crippen LogP contribution >= 0.6 is 22.9 Å². The minimum atomic E-state index is -0.267. The van der Waals surface area contributed by atoms with E-state index < -0.39 is 0 Å². The number of rotatable bonds is 5. The molecule has 5 rings (SSSR count). The Morgan fingerprint density at radius 3 is 2.39 bits per heavy atom. The molecule has 31 heavy (non-hydrogen) atoms. The van der Waals surface area contributed by atoms with Gasteiger partial charge in [0.05, 0.1) is 5.69 Å². The van der Waals surface area contributed by atoms with Crippen LogP contribution in [-0.2, 0) is 12.0 Å². The zero-order chi connectivity index (χ0) is 21.3. The van der Waals surface area contributed by atoms with Crippen molar-refractivity contribution >= 4 is 28.1 Å². The number of benzene rings is 2. The maximum Gasteiger partial charge on any atom is 0.185 e. The van der Waals surface area contributed by atoms with Crippen molar-refractivity contribution in [1.82, 2.24) is 9.88 Å². The first-order chi connectivity index (χ1) is 15.1. The van der Waals surface area contributed by atoms with Gasteiger partial charge in [-0.3, -0.25) is 4.90 Å². The molecule has 2 heterocycles. The Morgan fingerprint density at radius 1 is 0.968 bits per heavy atom. The fraction of sp³-hybridized carbons (Fsp3) is 0.400. The van der Waals surface area contributed by atoms with Gasteiger partial charge < -0.3 is 4.90 Å². The zero-order valence-electron chi connectivity index (χ0n) is 17.6. The molecule has 2 aromatic carbocycles. The summed E-state index contributed by atoms with van der Waals surface area (Å²) in [5, 5.41) is 4.03. The highest BCUT2D eigenvalue weighted by molar-refractivity contribution is 7.13. The minimum absolute atomic E-state index is 0.102. The van der Waals surface area contributed by atoms with Crippen LogP contribution in [0.25, 0.3) is 0 Å². The fourth-order valence-electron chi connectivity index (χ4n) is 5.07. The predicted octanol–water partition coefficient (Wildman–Crippen LogP) is 6.12. The van der Waals surface area contributed by atoms with E-state index in [1.54, 1.807) is 23.5 Å². The molecular weight excluding hydrogens is 429 g/mol.